The summed E-state index contributed by atoms with van der Waals surface area (Å²) in [5, 5.41) is 2.86. The summed E-state index contributed by atoms with van der Waals surface area (Å²) in [6.45, 7) is 0.913. The minimum absolute atomic E-state index is 0.130. The van der Waals surface area contributed by atoms with E-state index in [-0.39, 0.29) is 11.7 Å². The quantitative estimate of drug-likeness (QED) is 0.764. The van der Waals surface area contributed by atoms with Crippen LogP contribution in [0.1, 0.15) is 21.5 Å². The summed E-state index contributed by atoms with van der Waals surface area (Å²) in [7, 11) is 3.79. The van der Waals surface area contributed by atoms with Gasteiger partial charge in [0.1, 0.15) is 5.82 Å². The molecule has 0 aliphatic rings. The normalized spacial score (nSPS) is 10.8. The smallest absolute Gasteiger partial charge is 0.251 e. The van der Waals surface area contributed by atoms with Crippen molar-refractivity contribution in [3.63, 3.8) is 0 Å². The first-order chi connectivity index (χ1) is 10.5. The zero-order chi connectivity index (χ0) is 16.1. The molecule has 0 fully saturated rings. The zero-order valence-corrected chi connectivity index (χ0v) is 14.7. The number of halogens is 2. The van der Waals surface area contributed by atoms with Crippen LogP contribution in [0.3, 0.4) is 0 Å². The second-order valence-corrected chi connectivity index (χ2v) is 6.60. The minimum atomic E-state index is -0.221. The highest BCUT2D eigenvalue weighted by atomic mass is 127. The molecule has 2 aromatic rings. The Morgan fingerprint density at radius 3 is 2.50 bits per heavy atom. The van der Waals surface area contributed by atoms with Crippen molar-refractivity contribution < 1.29 is 9.18 Å². The Hall–Kier alpha value is -1.47. The molecule has 0 aliphatic heterocycles. The van der Waals surface area contributed by atoms with E-state index in [0.717, 1.165) is 9.13 Å². The third kappa shape index (κ3) is 4.78. The first kappa shape index (κ1) is 16.9. The maximum absolute atomic E-state index is 13.7. The van der Waals surface area contributed by atoms with Crippen LogP contribution in [0.15, 0.2) is 42.5 Å². The molecule has 5 heteroatoms. The van der Waals surface area contributed by atoms with Gasteiger partial charge in [0.25, 0.3) is 5.91 Å². The Bertz CT molecular complexity index is 656. The van der Waals surface area contributed by atoms with Crippen LogP contribution in [-0.2, 0) is 13.1 Å². The van der Waals surface area contributed by atoms with Crippen LogP contribution in [0.2, 0.25) is 0 Å². The number of carbonyl (C=O) groups excluding carboxylic acids is 1. The lowest BCUT2D eigenvalue weighted by Crippen LogP contribution is -2.23. The fourth-order valence-corrected chi connectivity index (χ4v) is 2.45. The van der Waals surface area contributed by atoms with Crippen LogP contribution >= 0.6 is 22.6 Å². The van der Waals surface area contributed by atoms with Crippen LogP contribution in [-0.4, -0.2) is 24.9 Å². The summed E-state index contributed by atoms with van der Waals surface area (Å²) in [4.78, 5) is 14.0. The Morgan fingerprint density at radius 2 is 1.86 bits per heavy atom. The summed E-state index contributed by atoms with van der Waals surface area (Å²) >= 11 is 2.20. The average molecular weight is 412 g/mol. The highest BCUT2D eigenvalue weighted by Gasteiger charge is 2.08. The molecular formula is C17H18FIN2O. The van der Waals surface area contributed by atoms with Gasteiger partial charge < -0.3 is 10.2 Å². The summed E-state index contributed by atoms with van der Waals surface area (Å²) < 4.78 is 14.8. The van der Waals surface area contributed by atoms with Gasteiger partial charge in [-0.15, -0.1) is 0 Å². The molecular weight excluding hydrogens is 394 g/mol. The molecule has 22 heavy (non-hydrogen) atoms. The molecule has 1 amide bonds. The molecule has 0 radical (unpaired) electrons. The third-order valence-electron chi connectivity index (χ3n) is 3.16. The molecule has 0 spiro atoms. The van der Waals surface area contributed by atoms with E-state index in [9.17, 15) is 9.18 Å². The first-order valence-corrected chi connectivity index (χ1v) is 7.99. The van der Waals surface area contributed by atoms with Crippen molar-refractivity contribution in [2.75, 3.05) is 14.1 Å². The summed E-state index contributed by atoms with van der Waals surface area (Å²) in [5.41, 5.74) is 2.14. The standard InChI is InChI=1S/C17H18FIN2O/c1-21(2)11-14-9-12(3-8-16(14)18)10-20-17(22)13-4-6-15(19)7-5-13/h3-9H,10-11H2,1-2H3,(H,20,22). The molecule has 0 aromatic heterocycles. The Morgan fingerprint density at radius 1 is 1.18 bits per heavy atom. The lowest BCUT2D eigenvalue weighted by molar-refractivity contribution is 0.0951. The van der Waals surface area contributed by atoms with E-state index in [1.165, 1.54) is 6.07 Å². The molecule has 0 saturated heterocycles. The molecule has 0 atom stereocenters. The molecule has 0 heterocycles. The van der Waals surface area contributed by atoms with E-state index in [1.54, 1.807) is 24.3 Å². The Balaban J connectivity index is 2.02. The Kier molecular flexibility index (Phi) is 5.90. The minimum Gasteiger partial charge on any atom is -0.348 e. The van der Waals surface area contributed by atoms with Crippen molar-refractivity contribution >= 4 is 28.5 Å². The fourth-order valence-electron chi connectivity index (χ4n) is 2.09. The van der Waals surface area contributed by atoms with Crippen molar-refractivity contribution in [2.24, 2.45) is 0 Å². The van der Waals surface area contributed by atoms with E-state index in [1.807, 2.05) is 31.1 Å². The van der Waals surface area contributed by atoms with Gasteiger partial charge in [-0.3, -0.25) is 4.79 Å². The fraction of sp³-hybridized carbons (Fsp3) is 0.235. The molecule has 0 aliphatic carbocycles. The lowest BCUT2D eigenvalue weighted by Gasteiger charge is -2.12. The van der Waals surface area contributed by atoms with Crippen molar-refractivity contribution in [3.8, 4) is 0 Å². The number of hydrogen-bond acceptors (Lipinski definition) is 2. The molecule has 0 unspecified atom stereocenters. The van der Waals surface area contributed by atoms with Gasteiger partial charge in [0, 0.05) is 27.8 Å². The molecule has 2 rings (SSSR count). The van der Waals surface area contributed by atoms with Gasteiger partial charge in [-0.25, -0.2) is 4.39 Å². The van der Waals surface area contributed by atoms with E-state index in [2.05, 4.69) is 27.9 Å². The number of nitrogens with one attached hydrogen (secondary N) is 1. The summed E-state index contributed by atoms with van der Waals surface area (Å²) in [6, 6.07) is 12.3. The average Bonchev–Trinajstić information content (AvgIpc) is 2.48. The SMILES string of the molecule is CN(C)Cc1cc(CNC(=O)c2ccc(I)cc2)ccc1F. The van der Waals surface area contributed by atoms with Crippen molar-refractivity contribution in [3.05, 3.63) is 68.5 Å². The van der Waals surface area contributed by atoms with Gasteiger partial charge in [0.15, 0.2) is 0 Å². The van der Waals surface area contributed by atoms with Gasteiger partial charge in [-0.05, 0) is 78.6 Å². The molecule has 1 N–H and O–H groups in total. The van der Waals surface area contributed by atoms with E-state index >= 15 is 0 Å². The highest BCUT2D eigenvalue weighted by molar-refractivity contribution is 14.1. The van der Waals surface area contributed by atoms with Crippen LogP contribution in [0.25, 0.3) is 0 Å². The molecule has 0 saturated carbocycles. The van der Waals surface area contributed by atoms with Crippen LogP contribution in [0.5, 0.6) is 0 Å². The largest absolute Gasteiger partial charge is 0.348 e. The second kappa shape index (κ2) is 7.69. The van der Waals surface area contributed by atoms with Crippen LogP contribution < -0.4 is 5.32 Å². The predicted molar refractivity (Wildman–Crippen MR) is 94.1 cm³/mol. The molecule has 0 bridgehead atoms. The van der Waals surface area contributed by atoms with Crippen molar-refractivity contribution in [2.45, 2.75) is 13.1 Å². The number of benzene rings is 2. The maximum Gasteiger partial charge on any atom is 0.251 e. The number of hydrogen-bond donors (Lipinski definition) is 1. The monoisotopic (exact) mass is 412 g/mol. The Labute approximate surface area is 143 Å². The topological polar surface area (TPSA) is 32.3 Å². The van der Waals surface area contributed by atoms with E-state index in [0.29, 0.717) is 24.2 Å². The molecule has 3 nitrogen and oxygen atoms in total. The second-order valence-electron chi connectivity index (χ2n) is 5.35. The summed E-state index contributed by atoms with van der Waals surface area (Å²) in [6.07, 6.45) is 0. The number of nitrogens with zero attached hydrogens (tertiary/aromatic N) is 1. The van der Waals surface area contributed by atoms with E-state index in [4.69, 9.17) is 0 Å². The van der Waals surface area contributed by atoms with Crippen LogP contribution in [0.4, 0.5) is 4.39 Å². The highest BCUT2D eigenvalue weighted by Crippen LogP contribution is 2.13. The number of carbonyl (C=O) groups is 1. The molecule has 116 valence electrons. The van der Waals surface area contributed by atoms with Crippen molar-refractivity contribution in [1.82, 2.24) is 10.2 Å². The third-order valence-corrected chi connectivity index (χ3v) is 3.88. The number of rotatable bonds is 5. The maximum atomic E-state index is 13.7. The van der Waals surface area contributed by atoms with Gasteiger partial charge in [-0.2, -0.15) is 0 Å². The van der Waals surface area contributed by atoms with Gasteiger partial charge in [0.2, 0.25) is 0 Å². The lowest BCUT2D eigenvalue weighted by atomic mass is 10.1. The first-order valence-electron chi connectivity index (χ1n) is 6.91. The zero-order valence-electron chi connectivity index (χ0n) is 12.6. The molecule has 2 aromatic carbocycles. The van der Waals surface area contributed by atoms with E-state index < -0.39 is 0 Å². The van der Waals surface area contributed by atoms with Crippen molar-refractivity contribution in [1.29, 1.82) is 0 Å². The predicted octanol–water partition coefficient (Wildman–Crippen LogP) is 3.42. The summed E-state index contributed by atoms with van der Waals surface area (Å²) in [5.74, 6) is -0.351. The van der Waals surface area contributed by atoms with Crippen LogP contribution in [0, 0.1) is 9.39 Å². The number of amides is 1. The van der Waals surface area contributed by atoms with Gasteiger partial charge in [0.05, 0.1) is 0 Å². The van der Waals surface area contributed by atoms with Gasteiger partial charge in [-0.1, -0.05) is 6.07 Å². The van der Waals surface area contributed by atoms with Gasteiger partial charge >= 0.3 is 0 Å².